The summed E-state index contributed by atoms with van der Waals surface area (Å²) in [4.78, 5) is 11.7. The third-order valence-electron chi connectivity index (χ3n) is 4.00. The fourth-order valence-corrected chi connectivity index (χ4v) is 2.83. The monoisotopic (exact) mass is 295 g/mol. The van der Waals surface area contributed by atoms with Gasteiger partial charge < -0.3 is 5.32 Å². The van der Waals surface area contributed by atoms with Gasteiger partial charge in [0.15, 0.2) is 0 Å². The molecule has 1 heterocycles. The molecule has 22 heavy (non-hydrogen) atoms. The van der Waals surface area contributed by atoms with Gasteiger partial charge in [0.1, 0.15) is 5.82 Å². The van der Waals surface area contributed by atoms with Crippen molar-refractivity contribution in [2.24, 2.45) is 0 Å². The summed E-state index contributed by atoms with van der Waals surface area (Å²) < 4.78 is 13.7. The van der Waals surface area contributed by atoms with E-state index in [1.54, 1.807) is 18.2 Å². The van der Waals surface area contributed by atoms with Crippen molar-refractivity contribution in [3.8, 4) is 0 Å². The van der Waals surface area contributed by atoms with E-state index in [1.807, 2.05) is 24.3 Å². The highest BCUT2D eigenvalue weighted by Crippen LogP contribution is 2.21. The van der Waals surface area contributed by atoms with Crippen LogP contribution in [-0.4, -0.2) is 11.9 Å². The Hall–Kier alpha value is -2.42. The van der Waals surface area contributed by atoms with Crippen molar-refractivity contribution in [2.75, 3.05) is 0 Å². The first-order chi connectivity index (χ1) is 10.7. The SMILES string of the molecule is O=C1C=C(CCc2ccccc2F)[C@H](Cc2ccccc2)N1. The fraction of sp³-hybridized carbons (Fsp3) is 0.211. The second-order valence-electron chi connectivity index (χ2n) is 5.56. The van der Waals surface area contributed by atoms with E-state index in [4.69, 9.17) is 0 Å². The maximum Gasteiger partial charge on any atom is 0.244 e. The van der Waals surface area contributed by atoms with Gasteiger partial charge in [-0.3, -0.25) is 4.79 Å². The van der Waals surface area contributed by atoms with Gasteiger partial charge in [-0.25, -0.2) is 4.39 Å². The van der Waals surface area contributed by atoms with Gasteiger partial charge in [0.25, 0.3) is 0 Å². The quantitative estimate of drug-likeness (QED) is 0.899. The van der Waals surface area contributed by atoms with E-state index in [9.17, 15) is 9.18 Å². The van der Waals surface area contributed by atoms with Crippen LogP contribution in [0.5, 0.6) is 0 Å². The molecule has 2 aromatic carbocycles. The topological polar surface area (TPSA) is 29.1 Å². The standard InChI is InChI=1S/C19H18FNO/c20-17-9-5-4-8-15(17)10-11-16-13-19(22)21-18(16)12-14-6-2-1-3-7-14/h1-9,13,18H,10-12H2,(H,21,22)/t18-/m0/s1. The molecule has 0 fully saturated rings. The van der Waals surface area contributed by atoms with Crippen LogP contribution >= 0.6 is 0 Å². The average molecular weight is 295 g/mol. The van der Waals surface area contributed by atoms with Gasteiger partial charge in [-0.2, -0.15) is 0 Å². The van der Waals surface area contributed by atoms with Crippen LogP contribution in [0.1, 0.15) is 17.5 Å². The number of carbonyl (C=O) groups excluding carboxylic acids is 1. The molecular formula is C19H18FNO. The number of nitrogens with one attached hydrogen (secondary N) is 1. The molecule has 2 aromatic rings. The van der Waals surface area contributed by atoms with Gasteiger partial charge in [-0.1, -0.05) is 48.5 Å². The Morgan fingerprint density at radius 2 is 1.68 bits per heavy atom. The molecule has 0 aliphatic carbocycles. The summed E-state index contributed by atoms with van der Waals surface area (Å²) in [6, 6.07) is 16.9. The van der Waals surface area contributed by atoms with Crippen LogP contribution < -0.4 is 5.32 Å². The number of hydrogen-bond acceptors (Lipinski definition) is 1. The summed E-state index contributed by atoms with van der Waals surface area (Å²) in [5.74, 6) is -0.232. The van der Waals surface area contributed by atoms with Crippen molar-refractivity contribution in [1.82, 2.24) is 5.32 Å². The number of amides is 1. The van der Waals surface area contributed by atoms with Crippen molar-refractivity contribution in [2.45, 2.75) is 25.3 Å². The van der Waals surface area contributed by atoms with Crippen LogP contribution in [0.4, 0.5) is 4.39 Å². The van der Waals surface area contributed by atoms with E-state index in [1.165, 1.54) is 11.6 Å². The molecule has 1 amide bonds. The van der Waals surface area contributed by atoms with Crippen molar-refractivity contribution in [3.05, 3.63) is 83.2 Å². The molecule has 0 radical (unpaired) electrons. The molecule has 0 aromatic heterocycles. The van der Waals surface area contributed by atoms with Crippen molar-refractivity contribution in [3.63, 3.8) is 0 Å². The minimum atomic E-state index is -0.181. The highest BCUT2D eigenvalue weighted by Gasteiger charge is 2.23. The van der Waals surface area contributed by atoms with Gasteiger partial charge in [0, 0.05) is 6.08 Å². The van der Waals surface area contributed by atoms with Crippen LogP contribution in [0.15, 0.2) is 66.2 Å². The number of aryl methyl sites for hydroxylation is 1. The fourth-order valence-electron chi connectivity index (χ4n) is 2.83. The molecule has 1 aliphatic rings. The predicted molar refractivity (Wildman–Crippen MR) is 84.9 cm³/mol. The molecule has 0 saturated carbocycles. The molecule has 3 rings (SSSR count). The minimum Gasteiger partial charge on any atom is -0.346 e. The Morgan fingerprint density at radius 3 is 2.45 bits per heavy atom. The average Bonchev–Trinajstić information content (AvgIpc) is 2.87. The lowest BCUT2D eigenvalue weighted by Crippen LogP contribution is -2.30. The van der Waals surface area contributed by atoms with E-state index < -0.39 is 0 Å². The highest BCUT2D eigenvalue weighted by molar-refractivity contribution is 5.91. The summed E-state index contributed by atoms with van der Waals surface area (Å²) in [5.41, 5.74) is 2.94. The number of rotatable bonds is 5. The summed E-state index contributed by atoms with van der Waals surface area (Å²) in [6.07, 6.45) is 3.74. The van der Waals surface area contributed by atoms with Crippen LogP contribution in [-0.2, 0) is 17.6 Å². The lowest BCUT2D eigenvalue weighted by atomic mass is 9.95. The summed E-state index contributed by atoms with van der Waals surface area (Å²) in [5, 5.41) is 2.98. The maximum atomic E-state index is 13.7. The maximum absolute atomic E-state index is 13.7. The number of carbonyl (C=O) groups is 1. The molecule has 0 saturated heterocycles. The largest absolute Gasteiger partial charge is 0.346 e. The Morgan fingerprint density at radius 1 is 0.955 bits per heavy atom. The van der Waals surface area contributed by atoms with Crippen molar-refractivity contribution >= 4 is 5.91 Å². The van der Waals surface area contributed by atoms with Gasteiger partial charge in [0.2, 0.25) is 5.91 Å². The Labute approximate surface area is 129 Å². The van der Waals surface area contributed by atoms with Gasteiger partial charge in [-0.15, -0.1) is 0 Å². The van der Waals surface area contributed by atoms with Crippen LogP contribution in [0, 0.1) is 5.82 Å². The normalized spacial score (nSPS) is 17.2. The van der Waals surface area contributed by atoms with E-state index in [-0.39, 0.29) is 17.8 Å². The van der Waals surface area contributed by atoms with Gasteiger partial charge in [0.05, 0.1) is 6.04 Å². The van der Waals surface area contributed by atoms with Gasteiger partial charge >= 0.3 is 0 Å². The first-order valence-electron chi connectivity index (χ1n) is 7.50. The summed E-state index contributed by atoms with van der Waals surface area (Å²) >= 11 is 0. The van der Waals surface area contributed by atoms with E-state index >= 15 is 0 Å². The van der Waals surface area contributed by atoms with Crippen LogP contribution in [0.2, 0.25) is 0 Å². The minimum absolute atomic E-state index is 0.0154. The number of hydrogen-bond donors (Lipinski definition) is 1. The molecule has 0 bridgehead atoms. The second kappa shape index (κ2) is 6.56. The first-order valence-corrected chi connectivity index (χ1v) is 7.50. The molecule has 0 spiro atoms. The number of halogens is 1. The lowest BCUT2D eigenvalue weighted by Gasteiger charge is -2.16. The highest BCUT2D eigenvalue weighted by atomic mass is 19.1. The van der Waals surface area contributed by atoms with Gasteiger partial charge in [-0.05, 0) is 42.0 Å². The van der Waals surface area contributed by atoms with Crippen molar-refractivity contribution < 1.29 is 9.18 Å². The number of benzene rings is 2. The van der Waals surface area contributed by atoms with Crippen LogP contribution in [0.3, 0.4) is 0 Å². The second-order valence-corrected chi connectivity index (χ2v) is 5.56. The summed E-state index contributed by atoms with van der Waals surface area (Å²) in [6.45, 7) is 0. The van der Waals surface area contributed by atoms with Crippen molar-refractivity contribution in [1.29, 1.82) is 0 Å². The predicted octanol–water partition coefficient (Wildman–Crippen LogP) is 3.43. The molecule has 3 heteroatoms. The molecular weight excluding hydrogens is 277 g/mol. The van der Waals surface area contributed by atoms with Crippen LogP contribution in [0.25, 0.3) is 0 Å². The molecule has 112 valence electrons. The zero-order valence-corrected chi connectivity index (χ0v) is 12.3. The lowest BCUT2D eigenvalue weighted by molar-refractivity contribution is -0.116. The molecule has 2 nitrogen and oxygen atoms in total. The van der Waals surface area contributed by atoms with E-state index in [0.717, 1.165) is 12.0 Å². The molecule has 0 unspecified atom stereocenters. The zero-order chi connectivity index (χ0) is 15.4. The zero-order valence-electron chi connectivity index (χ0n) is 12.3. The Bertz CT molecular complexity index is 694. The summed E-state index contributed by atoms with van der Waals surface area (Å²) in [7, 11) is 0. The van der Waals surface area contributed by atoms with E-state index in [2.05, 4.69) is 17.4 Å². The molecule has 1 atom stereocenters. The smallest absolute Gasteiger partial charge is 0.244 e. The Balaban J connectivity index is 1.67. The first kappa shape index (κ1) is 14.5. The third-order valence-corrected chi connectivity index (χ3v) is 4.00. The van der Waals surface area contributed by atoms with E-state index in [0.29, 0.717) is 18.4 Å². The molecule has 1 aliphatic heterocycles. The third kappa shape index (κ3) is 3.42. The Kier molecular flexibility index (Phi) is 4.33. The molecule has 1 N–H and O–H groups in total.